The molecule has 6 heteroatoms. The SMILES string of the molecule is CCN(CCC(=O)O)C(=O)c1csc(C(C)(C)C)n1. The first-order chi connectivity index (χ1) is 8.75. The lowest BCUT2D eigenvalue weighted by Crippen LogP contribution is -2.33. The van der Waals surface area contributed by atoms with Gasteiger partial charge in [0.1, 0.15) is 5.69 Å². The van der Waals surface area contributed by atoms with Crippen LogP contribution in [0.5, 0.6) is 0 Å². The first-order valence-corrected chi connectivity index (χ1v) is 7.10. The summed E-state index contributed by atoms with van der Waals surface area (Å²) in [6.07, 6.45) is -0.0458. The van der Waals surface area contributed by atoms with Crippen molar-refractivity contribution in [1.29, 1.82) is 0 Å². The molecule has 0 aliphatic carbocycles. The van der Waals surface area contributed by atoms with Crippen molar-refractivity contribution in [3.05, 3.63) is 16.1 Å². The number of aliphatic carboxylic acids is 1. The van der Waals surface area contributed by atoms with Gasteiger partial charge in [0.05, 0.1) is 11.4 Å². The third-order valence-corrected chi connectivity index (χ3v) is 3.90. The minimum Gasteiger partial charge on any atom is -0.481 e. The Morgan fingerprint density at radius 2 is 2.05 bits per heavy atom. The van der Waals surface area contributed by atoms with Crippen LogP contribution in [0.15, 0.2) is 5.38 Å². The van der Waals surface area contributed by atoms with E-state index in [2.05, 4.69) is 4.98 Å². The summed E-state index contributed by atoms with van der Waals surface area (Å²) in [4.78, 5) is 28.6. The number of rotatable bonds is 5. The van der Waals surface area contributed by atoms with E-state index in [9.17, 15) is 9.59 Å². The number of carbonyl (C=O) groups is 2. The van der Waals surface area contributed by atoms with Crippen molar-refractivity contribution >= 4 is 23.2 Å². The summed E-state index contributed by atoms with van der Waals surface area (Å²) in [5, 5.41) is 11.3. The molecule has 1 N–H and O–H groups in total. The van der Waals surface area contributed by atoms with Crippen LogP contribution in [-0.4, -0.2) is 40.0 Å². The highest BCUT2D eigenvalue weighted by atomic mass is 32.1. The zero-order valence-electron chi connectivity index (χ0n) is 11.8. The summed E-state index contributed by atoms with van der Waals surface area (Å²) in [6, 6.07) is 0. The van der Waals surface area contributed by atoms with Gasteiger partial charge in [-0.15, -0.1) is 11.3 Å². The second-order valence-corrected chi connectivity index (χ2v) is 6.17. The molecule has 1 heterocycles. The fourth-order valence-electron chi connectivity index (χ4n) is 1.51. The van der Waals surface area contributed by atoms with Gasteiger partial charge in [-0.25, -0.2) is 4.98 Å². The Bertz CT molecular complexity index is 463. The van der Waals surface area contributed by atoms with Gasteiger partial charge >= 0.3 is 5.97 Å². The van der Waals surface area contributed by atoms with E-state index >= 15 is 0 Å². The van der Waals surface area contributed by atoms with E-state index in [0.717, 1.165) is 5.01 Å². The smallest absolute Gasteiger partial charge is 0.305 e. The number of carboxylic acids is 1. The lowest BCUT2D eigenvalue weighted by Gasteiger charge is -2.19. The van der Waals surface area contributed by atoms with E-state index in [-0.39, 0.29) is 24.3 Å². The molecule has 1 rings (SSSR count). The molecule has 0 saturated heterocycles. The molecule has 0 aromatic carbocycles. The Balaban J connectivity index is 2.80. The van der Waals surface area contributed by atoms with Gasteiger partial charge in [-0.05, 0) is 6.92 Å². The maximum absolute atomic E-state index is 12.2. The van der Waals surface area contributed by atoms with Crippen LogP contribution in [0.3, 0.4) is 0 Å². The molecule has 0 unspecified atom stereocenters. The van der Waals surface area contributed by atoms with Crippen LogP contribution in [-0.2, 0) is 10.2 Å². The topological polar surface area (TPSA) is 70.5 Å². The monoisotopic (exact) mass is 284 g/mol. The first-order valence-electron chi connectivity index (χ1n) is 6.22. The van der Waals surface area contributed by atoms with E-state index < -0.39 is 5.97 Å². The van der Waals surface area contributed by atoms with Crippen LogP contribution in [0.25, 0.3) is 0 Å². The Hall–Kier alpha value is -1.43. The molecule has 0 bridgehead atoms. The largest absolute Gasteiger partial charge is 0.481 e. The number of carbonyl (C=O) groups excluding carboxylic acids is 1. The molecule has 106 valence electrons. The van der Waals surface area contributed by atoms with E-state index in [1.54, 1.807) is 5.38 Å². The van der Waals surface area contributed by atoms with Gasteiger partial charge < -0.3 is 10.0 Å². The van der Waals surface area contributed by atoms with Gasteiger partial charge in [-0.1, -0.05) is 20.8 Å². The lowest BCUT2D eigenvalue weighted by atomic mass is 9.98. The predicted octanol–water partition coefficient (Wildman–Crippen LogP) is 2.38. The normalized spacial score (nSPS) is 11.4. The van der Waals surface area contributed by atoms with Crippen molar-refractivity contribution in [3.8, 4) is 0 Å². The van der Waals surface area contributed by atoms with Crippen molar-refractivity contribution in [2.24, 2.45) is 0 Å². The molecule has 0 atom stereocenters. The van der Waals surface area contributed by atoms with Crippen LogP contribution in [0.4, 0.5) is 0 Å². The number of carboxylic acid groups (broad SMARTS) is 1. The van der Waals surface area contributed by atoms with Gasteiger partial charge in [0.25, 0.3) is 5.91 Å². The molecule has 1 aromatic rings. The van der Waals surface area contributed by atoms with Crippen LogP contribution < -0.4 is 0 Å². The van der Waals surface area contributed by atoms with Gasteiger partial charge in [-0.2, -0.15) is 0 Å². The molecular formula is C13H20N2O3S. The Kier molecular flexibility index (Phi) is 5.05. The fourth-order valence-corrected chi connectivity index (χ4v) is 2.39. The van der Waals surface area contributed by atoms with Crippen LogP contribution in [0.2, 0.25) is 0 Å². The van der Waals surface area contributed by atoms with Gasteiger partial charge in [0.2, 0.25) is 0 Å². The summed E-state index contributed by atoms with van der Waals surface area (Å²) < 4.78 is 0. The Morgan fingerprint density at radius 3 is 2.47 bits per heavy atom. The summed E-state index contributed by atoms with van der Waals surface area (Å²) in [7, 11) is 0. The quantitative estimate of drug-likeness (QED) is 0.901. The number of hydrogen-bond acceptors (Lipinski definition) is 4. The molecule has 0 aliphatic rings. The molecule has 19 heavy (non-hydrogen) atoms. The van der Waals surface area contributed by atoms with Gasteiger partial charge in [0.15, 0.2) is 0 Å². The predicted molar refractivity (Wildman–Crippen MR) is 74.6 cm³/mol. The highest BCUT2D eigenvalue weighted by Gasteiger charge is 2.22. The summed E-state index contributed by atoms with van der Waals surface area (Å²) in [5.74, 6) is -1.10. The van der Waals surface area contributed by atoms with Crippen molar-refractivity contribution < 1.29 is 14.7 Å². The summed E-state index contributed by atoms with van der Waals surface area (Å²) in [6.45, 7) is 8.66. The molecule has 1 amide bonds. The maximum Gasteiger partial charge on any atom is 0.305 e. The molecule has 0 radical (unpaired) electrons. The highest BCUT2D eigenvalue weighted by Crippen LogP contribution is 2.25. The van der Waals surface area contributed by atoms with E-state index in [1.165, 1.54) is 16.2 Å². The number of thiazole rings is 1. The van der Waals surface area contributed by atoms with Gasteiger partial charge in [-0.3, -0.25) is 9.59 Å². The molecule has 0 fully saturated rings. The van der Waals surface area contributed by atoms with Crippen LogP contribution >= 0.6 is 11.3 Å². The lowest BCUT2D eigenvalue weighted by molar-refractivity contribution is -0.137. The summed E-state index contributed by atoms with van der Waals surface area (Å²) in [5.41, 5.74) is 0.323. The Labute approximate surface area is 117 Å². The molecule has 0 saturated carbocycles. The Morgan fingerprint density at radius 1 is 1.42 bits per heavy atom. The second-order valence-electron chi connectivity index (χ2n) is 5.32. The van der Waals surface area contributed by atoms with Crippen molar-refractivity contribution in [2.75, 3.05) is 13.1 Å². The fraction of sp³-hybridized carbons (Fsp3) is 0.615. The number of amides is 1. The zero-order valence-corrected chi connectivity index (χ0v) is 12.6. The van der Waals surface area contributed by atoms with E-state index in [1.807, 2.05) is 27.7 Å². The standard InChI is InChI=1S/C13H20N2O3S/c1-5-15(7-6-10(16)17)11(18)9-8-19-12(14-9)13(2,3)4/h8H,5-7H2,1-4H3,(H,16,17). The average molecular weight is 284 g/mol. The van der Waals surface area contributed by atoms with Gasteiger partial charge in [0, 0.05) is 23.9 Å². The highest BCUT2D eigenvalue weighted by molar-refractivity contribution is 7.10. The average Bonchev–Trinajstić information content (AvgIpc) is 2.77. The molecule has 1 aromatic heterocycles. The van der Waals surface area contributed by atoms with Crippen molar-refractivity contribution in [2.45, 2.75) is 39.5 Å². The number of aromatic nitrogens is 1. The van der Waals surface area contributed by atoms with Crippen molar-refractivity contribution in [1.82, 2.24) is 9.88 Å². The second kappa shape index (κ2) is 6.14. The minimum absolute atomic E-state index is 0.0458. The van der Waals surface area contributed by atoms with Crippen molar-refractivity contribution in [3.63, 3.8) is 0 Å². The zero-order chi connectivity index (χ0) is 14.6. The van der Waals surface area contributed by atoms with E-state index in [0.29, 0.717) is 12.2 Å². The molecule has 5 nitrogen and oxygen atoms in total. The maximum atomic E-state index is 12.2. The third-order valence-electron chi connectivity index (χ3n) is 2.63. The minimum atomic E-state index is -0.903. The number of hydrogen-bond donors (Lipinski definition) is 1. The van der Waals surface area contributed by atoms with Crippen LogP contribution in [0.1, 0.15) is 49.6 Å². The number of nitrogens with zero attached hydrogens (tertiary/aromatic N) is 2. The van der Waals surface area contributed by atoms with Crippen LogP contribution in [0, 0.1) is 0 Å². The van der Waals surface area contributed by atoms with E-state index in [4.69, 9.17) is 5.11 Å². The molecular weight excluding hydrogens is 264 g/mol. The first kappa shape index (κ1) is 15.6. The molecule has 0 aliphatic heterocycles. The molecule has 0 spiro atoms. The summed E-state index contributed by atoms with van der Waals surface area (Å²) >= 11 is 1.46. The third kappa shape index (κ3) is 4.31.